The molecule has 0 spiro atoms. The van der Waals surface area contributed by atoms with E-state index >= 15 is 0 Å². The van der Waals surface area contributed by atoms with Crippen LogP contribution in [-0.4, -0.2) is 45.7 Å². The Kier molecular flexibility index (Phi) is 14.6. The van der Waals surface area contributed by atoms with E-state index in [1.165, 1.54) is 0 Å². The van der Waals surface area contributed by atoms with E-state index in [0.29, 0.717) is 6.54 Å². The average Bonchev–Trinajstić information content (AvgIpc) is 2.67. The Morgan fingerprint density at radius 1 is 1.21 bits per heavy atom. The molecular weight excluding hydrogens is 399 g/mol. The van der Waals surface area contributed by atoms with E-state index in [1.807, 2.05) is 26.0 Å². The topological polar surface area (TPSA) is 72.5 Å². The second-order valence-electron chi connectivity index (χ2n) is 7.46. The Hall–Kier alpha value is 0.396. The number of amides is 1. The molecule has 0 bridgehead atoms. The van der Waals surface area contributed by atoms with Gasteiger partial charge in [-0.05, 0) is 73.6 Å². The van der Waals surface area contributed by atoms with E-state index in [4.69, 9.17) is 0 Å². The van der Waals surface area contributed by atoms with Crippen molar-refractivity contribution in [2.45, 2.75) is 64.7 Å². The molecule has 0 saturated heterocycles. The van der Waals surface area contributed by atoms with Gasteiger partial charge in [0.25, 0.3) is 0 Å². The third-order valence-electron chi connectivity index (χ3n) is 5.56. The molecule has 0 aliphatic rings. The second kappa shape index (κ2) is 14.4. The maximum absolute atomic E-state index is 12.8. The number of benzene rings is 1. The molecule has 0 saturated carbocycles. The molecule has 0 radical (unpaired) electrons. The minimum atomic E-state index is -2.21. The van der Waals surface area contributed by atoms with Gasteiger partial charge in [0.1, 0.15) is 0 Å². The van der Waals surface area contributed by atoms with Gasteiger partial charge in [-0.3, -0.25) is 9.00 Å². The zero-order chi connectivity index (χ0) is 20.4. The van der Waals surface area contributed by atoms with Crippen molar-refractivity contribution in [3.05, 3.63) is 29.8 Å². The number of hydrogen-bond acceptors (Lipinski definition) is 4. The number of carbonyl (C=O) groups is 1. The zero-order valence-corrected chi connectivity index (χ0v) is 22.4. The van der Waals surface area contributed by atoms with Crippen LogP contribution < -0.4 is 56.7 Å². The van der Waals surface area contributed by atoms with Crippen LogP contribution in [0.5, 0.6) is 0 Å². The molecule has 3 unspecified atom stereocenters. The van der Waals surface area contributed by atoms with Crippen molar-refractivity contribution >= 4 is 17.0 Å². The monoisotopic (exact) mass is 434 g/mol. The van der Waals surface area contributed by atoms with E-state index in [2.05, 4.69) is 31.0 Å². The van der Waals surface area contributed by atoms with Gasteiger partial charge in [0.2, 0.25) is 5.91 Å². The third-order valence-corrected chi connectivity index (χ3v) is 6.21. The van der Waals surface area contributed by atoms with Gasteiger partial charge in [-0.25, -0.2) is 0 Å². The number of hydrogen-bond donors (Lipinski definition) is 1. The fraction of sp³-hybridized carbons (Fsp3) is 0.667. The Bertz CT molecular complexity index is 608. The quantitative estimate of drug-likeness (QED) is 0.298. The normalized spacial score (nSPS) is 15.4. The molecule has 0 fully saturated rings. The van der Waals surface area contributed by atoms with E-state index in [9.17, 15) is 13.6 Å². The van der Waals surface area contributed by atoms with Crippen molar-refractivity contribution < 1.29 is 64.9 Å². The summed E-state index contributed by atoms with van der Waals surface area (Å²) < 4.78 is 22.0. The van der Waals surface area contributed by atoms with E-state index in [-0.39, 0.29) is 68.1 Å². The fourth-order valence-corrected chi connectivity index (χ4v) is 3.71. The molecule has 0 heterocycles. The van der Waals surface area contributed by atoms with Crippen LogP contribution in [-0.2, 0) is 15.9 Å². The Morgan fingerprint density at radius 2 is 1.79 bits per heavy atom. The van der Waals surface area contributed by atoms with Crippen LogP contribution in [0.2, 0.25) is 0 Å². The van der Waals surface area contributed by atoms with Crippen molar-refractivity contribution in [2.24, 2.45) is 5.41 Å². The van der Waals surface area contributed by atoms with E-state index < -0.39 is 16.5 Å². The molecule has 1 aromatic carbocycles. The summed E-state index contributed by atoms with van der Waals surface area (Å²) >= 11 is -2.21. The summed E-state index contributed by atoms with van der Waals surface area (Å²) in [7, 11) is 0. The van der Waals surface area contributed by atoms with E-state index in [0.717, 1.165) is 44.5 Å². The molecule has 1 N–H and O–H groups in total. The predicted molar refractivity (Wildman–Crippen MR) is 110 cm³/mol. The van der Waals surface area contributed by atoms with Gasteiger partial charge in [0, 0.05) is 16.9 Å². The molecular formula is C21H35KN2O3S. The summed E-state index contributed by atoms with van der Waals surface area (Å²) in [6.07, 6.45) is 2.45. The standard InChI is InChI=1S/C21H36N2O3S.K/c1-6-21(5,20(24)22-14-9-15-23(7-2)8-3)16-17(4)18-10-12-19(13-11-18)27(25)26;/h10-13,17H,6-9,14-16H2,1-5H3,(H,22,24)(H,25,26);/q;+1/p-1. The Labute approximate surface area is 216 Å². The van der Waals surface area contributed by atoms with Crippen LogP contribution in [0.25, 0.3) is 0 Å². The van der Waals surface area contributed by atoms with Gasteiger partial charge in [-0.1, -0.05) is 46.8 Å². The van der Waals surface area contributed by atoms with Gasteiger partial charge in [0.15, 0.2) is 0 Å². The first-order chi connectivity index (χ1) is 12.8. The first-order valence-electron chi connectivity index (χ1n) is 9.97. The molecule has 154 valence electrons. The molecule has 7 heteroatoms. The molecule has 1 rings (SSSR count). The van der Waals surface area contributed by atoms with Gasteiger partial charge >= 0.3 is 51.4 Å². The molecule has 28 heavy (non-hydrogen) atoms. The molecule has 1 aromatic rings. The van der Waals surface area contributed by atoms with Gasteiger partial charge < -0.3 is 14.8 Å². The summed E-state index contributed by atoms with van der Waals surface area (Å²) in [5.41, 5.74) is 0.618. The maximum atomic E-state index is 12.8. The van der Waals surface area contributed by atoms with Crippen LogP contribution in [0, 0.1) is 5.41 Å². The SMILES string of the molecule is CCN(CC)CCCNC(=O)C(C)(CC)CC(C)c1ccc(S(=O)[O-])cc1.[K+]. The smallest absolute Gasteiger partial charge is 0.768 e. The number of carbonyl (C=O) groups excluding carboxylic acids is 1. The molecule has 0 aliphatic carbocycles. The summed E-state index contributed by atoms with van der Waals surface area (Å²) in [6, 6.07) is 6.92. The number of nitrogens with zero attached hydrogens (tertiary/aromatic N) is 1. The number of rotatable bonds is 12. The van der Waals surface area contributed by atoms with Gasteiger partial charge in [0.05, 0.1) is 0 Å². The summed E-state index contributed by atoms with van der Waals surface area (Å²) in [6.45, 7) is 14.2. The van der Waals surface area contributed by atoms with Crippen molar-refractivity contribution in [1.29, 1.82) is 0 Å². The first kappa shape index (κ1) is 28.4. The Morgan fingerprint density at radius 3 is 2.25 bits per heavy atom. The zero-order valence-electron chi connectivity index (χ0n) is 18.4. The molecule has 1 amide bonds. The second-order valence-corrected chi connectivity index (χ2v) is 8.40. The molecule has 3 atom stereocenters. The minimum Gasteiger partial charge on any atom is -0.768 e. The average molecular weight is 435 g/mol. The molecule has 5 nitrogen and oxygen atoms in total. The summed E-state index contributed by atoms with van der Waals surface area (Å²) in [5, 5.41) is 3.11. The van der Waals surface area contributed by atoms with Crippen LogP contribution in [0.1, 0.15) is 65.4 Å². The van der Waals surface area contributed by atoms with Crippen LogP contribution >= 0.6 is 0 Å². The van der Waals surface area contributed by atoms with Gasteiger partial charge in [-0.15, -0.1) is 0 Å². The van der Waals surface area contributed by atoms with Crippen molar-refractivity contribution in [1.82, 2.24) is 10.2 Å². The largest absolute Gasteiger partial charge is 1.00 e. The molecule has 0 aromatic heterocycles. The molecule has 0 aliphatic heterocycles. The maximum Gasteiger partial charge on any atom is 1.00 e. The van der Waals surface area contributed by atoms with Gasteiger partial charge in [-0.2, -0.15) is 0 Å². The third kappa shape index (κ3) is 9.04. The number of nitrogens with one attached hydrogen (secondary N) is 1. The summed E-state index contributed by atoms with van der Waals surface area (Å²) in [4.78, 5) is 15.4. The first-order valence-corrected chi connectivity index (χ1v) is 11.0. The van der Waals surface area contributed by atoms with E-state index in [1.54, 1.807) is 12.1 Å². The Balaban J connectivity index is 0.00000729. The predicted octanol–water partition coefficient (Wildman–Crippen LogP) is 0.687. The minimum absolute atomic E-state index is 0. The fourth-order valence-electron chi connectivity index (χ4n) is 3.36. The van der Waals surface area contributed by atoms with Crippen LogP contribution in [0.4, 0.5) is 0 Å². The van der Waals surface area contributed by atoms with Crippen molar-refractivity contribution in [3.63, 3.8) is 0 Å². The van der Waals surface area contributed by atoms with Crippen molar-refractivity contribution in [2.75, 3.05) is 26.2 Å². The van der Waals surface area contributed by atoms with Crippen molar-refractivity contribution in [3.8, 4) is 0 Å². The van der Waals surface area contributed by atoms with Crippen LogP contribution in [0.15, 0.2) is 29.2 Å². The van der Waals surface area contributed by atoms with Crippen LogP contribution in [0.3, 0.4) is 0 Å². The summed E-state index contributed by atoms with van der Waals surface area (Å²) in [5.74, 6) is 0.277.